The third-order valence-corrected chi connectivity index (χ3v) is 5.65. The lowest BCUT2D eigenvalue weighted by molar-refractivity contribution is 0.502. The van der Waals surface area contributed by atoms with Gasteiger partial charge in [0.05, 0.1) is 6.54 Å². The lowest BCUT2D eigenvalue weighted by Crippen LogP contribution is -2.20. The summed E-state index contributed by atoms with van der Waals surface area (Å²) in [5.74, 6) is 0. The maximum absolute atomic E-state index is 3.64. The molecule has 0 amide bonds. The summed E-state index contributed by atoms with van der Waals surface area (Å²) < 4.78 is 3.55. The van der Waals surface area contributed by atoms with Crippen LogP contribution in [0.4, 0.5) is 0 Å². The molecule has 0 saturated carbocycles. The van der Waals surface area contributed by atoms with E-state index in [1.165, 1.54) is 40.6 Å². The van der Waals surface area contributed by atoms with Crippen molar-refractivity contribution in [1.82, 2.24) is 9.88 Å². The average Bonchev–Trinajstić information content (AvgIpc) is 2.96. The van der Waals surface area contributed by atoms with Gasteiger partial charge in [0.2, 0.25) is 0 Å². The number of nitrogens with one attached hydrogen (secondary N) is 1. The molecule has 2 heterocycles. The summed E-state index contributed by atoms with van der Waals surface area (Å²) >= 11 is 5.36. The van der Waals surface area contributed by atoms with E-state index in [2.05, 4.69) is 56.6 Å². The summed E-state index contributed by atoms with van der Waals surface area (Å²) in [6.45, 7) is 4.24. The van der Waals surface area contributed by atoms with Crippen LogP contribution in [0.25, 0.3) is 0 Å². The van der Waals surface area contributed by atoms with Crippen LogP contribution in [-0.2, 0) is 13.0 Å². The van der Waals surface area contributed by atoms with Gasteiger partial charge in [-0.2, -0.15) is 0 Å². The Balaban J connectivity index is 1.82. The number of rotatable bonds is 4. The van der Waals surface area contributed by atoms with Gasteiger partial charge in [-0.1, -0.05) is 13.3 Å². The Hall–Kier alpha value is -0.580. The molecule has 0 saturated heterocycles. The maximum atomic E-state index is 3.64. The Morgan fingerprint density at radius 2 is 2.30 bits per heavy atom. The first-order valence-electron chi connectivity index (χ1n) is 7.41. The number of nitrogens with zero attached hydrogens (tertiary/aromatic N) is 1. The Bertz CT molecular complexity index is 573. The van der Waals surface area contributed by atoms with Crippen LogP contribution in [0.5, 0.6) is 0 Å². The van der Waals surface area contributed by atoms with Crippen LogP contribution >= 0.6 is 27.3 Å². The van der Waals surface area contributed by atoms with E-state index in [1.807, 2.05) is 11.3 Å². The highest BCUT2D eigenvalue weighted by Gasteiger charge is 2.19. The second-order valence-electron chi connectivity index (χ2n) is 5.50. The predicted octanol–water partition coefficient (Wildman–Crippen LogP) is 4.74. The summed E-state index contributed by atoms with van der Waals surface area (Å²) in [5.41, 5.74) is 3.07. The molecule has 108 valence electrons. The van der Waals surface area contributed by atoms with Gasteiger partial charge in [-0.3, -0.25) is 0 Å². The number of aromatic nitrogens is 1. The fraction of sp³-hybridized carbons (Fsp3) is 0.500. The van der Waals surface area contributed by atoms with Crippen molar-refractivity contribution in [3.63, 3.8) is 0 Å². The molecular formula is C16H21BrN2S. The summed E-state index contributed by atoms with van der Waals surface area (Å²) in [6, 6.07) is 2.77. The van der Waals surface area contributed by atoms with Crippen LogP contribution in [0.2, 0.25) is 0 Å². The average molecular weight is 353 g/mol. The minimum atomic E-state index is 0.550. The van der Waals surface area contributed by atoms with E-state index in [-0.39, 0.29) is 0 Å². The second kappa shape index (κ2) is 6.46. The Morgan fingerprint density at radius 1 is 1.40 bits per heavy atom. The van der Waals surface area contributed by atoms with Crippen LogP contribution in [0.3, 0.4) is 0 Å². The van der Waals surface area contributed by atoms with E-state index < -0.39 is 0 Å². The van der Waals surface area contributed by atoms with Gasteiger partial charge in [0.25, 0.3) is 0 Å². The monoisotopic (exact) mass is 352 g/mol. The molecule has 0 spiro atoms. The van der Waals surface area contributed by atoms with Crippen molar-refractivity contribution in [2.24, 2.45) is 0 Å². The van der Waals surface area contributed by atoms with Crippen molar-refractivity contribution < 1.29 is 0 Å². The summed E-state index contributed by atoms with van der Waals surface area (Å²) in [5, 5.41) is 5.80. The van der Waals surface area contributed by atoms with Crippen molar-refractivity contribution in [2.75, 3.05) is 6.54 Å². The molecule has 1 aliphatic rings. The maximum Gasteiger partial charge on any atom is 0.0564 e. The minimum absolute atomic E-state index is 0.550. The van der Waals surface area contributed by atoms with Crippen LogP contribution in [0.15, 0.2) is 28.3 Å². The van der Waals surface area contributed by atoms with Gasteiger partial charge in [0.15, 0.2) is 0 Å². The zero-order chi connectivity index (χ0) is 13.9. The quantitative estimate of drug-likeness (QED) is 0.786. The highest BCUT2D eigenvalue weighted by molar-refractivity contribution is 9.10. The topological polar surface area (TPSA) is 17.0 Å². The molecule has 20 heavy (non-hydrogen) atoms. The number of thiophene rings is 1. The first kappa shape index (κ1) is 14.4. The molecule has 1 N–H and O–H groups in total. The van der Waals surface area contributed by atoms with E-state index in [4.69, 9.17) is 0 Å². The van der Waals surface area contributed by atoms with Crippen LogP contribution < -0.4 is 5.32 Å². The molecule has 1 unspecified atom stereocenters. The second-order valence-corrected chi connectivity index (χ2v) is 7.41. The van der Waals surface area contributed by atoms with Crippen molar-refractivity contribution >= 4 is 27.3 Å². The first-order chi connectivity index (χ1) is 9.76. The SMILES string of the molecule is CCNC1CCCCc2cn(Cc3cc(Br)cs3)cc21. The number of hydrogen-bond donors (Lipinski definition) is 1. The molecule has 0 bridgehead atoms. The lowest BCUT2D eigenvalue weighted by Gasteiger charge is -2.15. The van der Waals surface area contributed by atoms with Gasteiger partial charge in [0, 0.05) is 33.2 Å². The third kappa shape index (κ3) is 3.18. The number of hydrogen-bond acceptors (Lipinski definition) is 2. The van der Waals surface area contributed by atoms with Gasteiger partial charge < -0.3 is 9.88 Å². The number of fused-ring (bicyclic) bond motifs is 1. The third-order valence-electron chi connectivity index (χ3n) is 3.97. The summed E-state index contributed by atoms with van der Waals surface area (Å²) in [7, 11) is 0. The summed E-state index contributed by atoms with van der Waals surface area (Å²) in [6.07, 6.45) is 9.89. The van der Waals surface area contributed by atoms with Crippen LogP contribution in [-0.4, -0.2) is 11.1 Å². The molecule has 3 rings (SSSR count). The molecular weight excluding hydrogens is 332 g/mol. The first-order valence-corrected chi connectivity index (χ1v) is 9.08. The van der Waals surface area contributed by atoms with Crippen molar-refractivity contribution in [1.29, 1.82) is 0 Å². The Kier molecular flexibility index (Phi) is 4.64. The van der Waals surface area contributed by atoms with E-state index in [9.17, 15) is 0 Å². The zero-order valence-electron chi connectivity index (χ0n) is 11.9. The van der Waals surface area contributed by atoms with E-state index >= 15 is 0 Å². The number of aryl methyl sites for hydroxylation is 1. The summed E-state index contributed by atoms with van der Waals surface area (Å²) in [4.78, 5) is 1.40. The van der Waals surface area contributed by atoms with Crippen molar-refractivity contribution in [3.8, 4) is 0 Å². The molecule has 1 atom stereocenters. The highest BCUT2D eigenvalue weighted by atomic mass is 79.9. The molecule has 2 aromatic heterocycles. The molecule has 0 aliphatic heterocycles. The Labute approximate surface area is 133 Å². The minimum Gasteiger partial charge on any atom is -0.348 e. The smallest absolute Gasteiger partial charge is 0.0564 e. The van der Waals surface area contributed by atoms with E-state index in [0.29, 0.717) is 6.04 Å². The number of halogens is 1. The Morgan fingerprint density at radius 3 is 3.05 bits per heavy atom. The molecule has 1 aliphatic carbocycles. The molecule has 0 radical (unpaired) electrons. The highest BCUT2D eigenvalue weighted by Crippen LogP contribution is 2.30. The lowest BCUT2D eigenvalue weighted by atomic mass is 10.0. The van der Waals surface area contributed by atoms with E-state index in [0.717, 1.165) is 13.1 Å². The van der Waals surface area contributed by atoms with Gasteiger partial charge in [-0.25, -0.2) is 0 Å². The zero-order valence-corrected chi connectivity index (χ0v) is 14.3. The van der Waals surface area contributed by atoms with Crippen LogP contribution in [0, 0.1) is 0 Å². The van der Waals surface area contributed by atoms with Gasteiger partial charge in [0.1, 0.15) is 0 Å². The molecule has 4 heteroatoms. The largest absolute Gasteiger partial charge is 0.348 e. The van der Waals surface area contributed by atoms with Crippen molar-refractivity contribution in [3.05, 3.63) is 44.3 Å². The standard InChI is InChI=1S/C16H21BrN2S/c1-2-18-16-6-4-3-5-12-8-19(10-15(12)16)9-14-7-13(17)11-20-14/h7-8,10-11,16,18H,2-6,9H2,1H3. The van der Waals surface area contributed by atoms with Crippen LogP contribution in [0.1, 0.15) is 48.2 Å². The molecule has 2 nitrogen and oxygen atoms in total. The van der Waals surface area contributed by atoms with E-state index in [1.54, 1.807) is 5.56 Å². The molecule has 0 aromatic carbocycles. The fourth-order valence-electron chi connectivity index (χ4n) is 3.08. The van der Waals surface area contributed by atoms with Gasteiger partial charge in [-0.15, -0.1) is 11.3 Å². The predicted molar refractivity (Wildman–Crippen MR) is 89.5 cm³/mol. The van der Waals surface area contributed by atoms with Gasteiger partial charge >= 0.3 is 0 Å². The van der Waals surface area contributed by atoms with Gasteiger partial charge in [-0.05, 0) is 58.9 Å². The van der Waals surface area contributed by atoms with Crippen molar-refractivity contribution in [2.45, 2.75) is 45.2 Å². The fourth-order valence-corrected chi connectivity index (χ4v) is 4.54. The normalized spacial score (nSPS) is 18.8. The molecule has 0 fully saturated rings. The molecule has 2 aromatic rings.